The van der Waals surface area contributed by atoms with Gasteiger partial charge in [0, 0.05) is 47.9 Å². The summed E-state index contributed by atoms with van der Waals surface area (Å²) in [5.74, 6) is -2.46. The molecule has 9 heteroatoms. The number of aromatic nitrogens is 1. The summed E-state index contributed by atoms with van der Waals surface area (Å²) < 4.78 is 33.9. The summed E-state index contributed by atoms with van der Waals surface area (Å²) in [5, 5.41) is 13.6. The summed E-state index contributed by atoms with van der Waals surface area (Å²) >= 11 is 1.18. The molecule has 0 spiro atoms. The molecule has 0 radical (unpaired) electrons. The Morgan fingerprint density at radius 3 is 2.23 bits per heavy atom. The van der Waals surface area contributed by atoms with Crippen molar-refractivity contribution >= 4 is 39.9 Å². The number of fused-ring (bicyclic) bond motifs is 1. The van der Waals surface area contributed by atoms with Crippen LogP contribution in [0.2, 0.25) is 0 Å². The van der Waals surface area contributed by atoms with E-state index in [-0.39, 0.29) is 53.6 Å². The first-order valence-corrected chi connectivity index (χ1v) is 10.6. The molecule has 0 bridgehead atoms. The molecule has 3 aromatic rings. The molecule has 1 aliphatic heterocycles. The minimum absolute atomic E-state index is 0. The molecule has 0 aliphatic carbocycles. The van der Waals surface area contributed by atoms with Crippen LogP contribution < -0.4 is 5.32 Å². The van der Waals surface area contributed by atoms with E-state index in [1.165, 1.54) is 17.6 Å². The summed E-state index contributed by atoms with van der Waals surface area (Å²) in [5.41, 5.74) is 0.326. The van der Waals surface area contributed by atoms with Gasteiger partial charge >= 0.3 is 0 Å². The zero-order valence-corrected chi connectivity index (χ0v) is 19.2. The van der Waals surface area contributed by atoms with Gasteiger partial charge in [-0.15, -0.1) is 12.4 Å². The van der Waals surface area contributed by atoms with Crippen molar-refractivity contribution in [1.29, 1.82) is 0 Å². The highest BCUT2D eigenvalue weighted by atomic mass is 35.5. The third-order valence-electron chi connectivity index (χ3n) is 6.08. The van der Waals surface area contributed by atoms with Crippen molar-refractivity contribution in [1.82, 2.24) is 14.6 Å². The molecule has 5 nitrogen and oxygen atoms in total. The maximum Gasteiger partial charge on any atom is 0.255 e. The number of hydrogen-bond donors (Lipinski definition) is 2. The Hall–Kier alpha value is -2.29. The van der Waals surface area contributed by atoms with Gasteiger partial charge in [-0.3, -0.25) is 4.79 Å². The standard InChI is InChI=1S/C22H23F2N3O2S.ClH/c1-10-12(3)27(13(4)11(2)26-10)22(29)17-6-14(5-15-9-25-30-21(15)17)20-18(23)7-16(28)8-19(20)24;/h5-13,26,28H,1-4H3;1H/t10-,11+,12+,13-;. The SMILES string of the molecule is C[C@@H]1N[C@H](C)[C@H](C)N(C(=O)c2cc(-c3c(F)cc(O)cc3F)cc3cnsc23)[C@@H]1C.Cl. The normalized spacial score (nSPS) is 23.6. The number of carbonyl (C=O) groups is 1. The predicted octanol–water partition coefficient (Wildman–Crippen LogP) is 4.97. The van der Waals surface area contributed by atoms with E-state index < -0.39 is 17.4 Å². The molecule has 1 aliphatic rings. The van der Waals surface area contributed by atoms with Crippen LogP contribution >= 0.6 is 23.9 Å². The van der Waals surface area contributed by atoms with E-state index in [2.05, 4.69) is 9.69 Å². The van der Waals surface area contributed by atoms with Crippen LogP contribution in [0.3, 0.4) is 0 Å². The number of carbonyl (C=O) groups excluding carboxylic acids is 1. The highest BCUT2D eigenvalue weighted by molar-refractivity contribution is 7.13. The first kappa shape index (κ1) is 23.4. The zero-order valence-electron chi connectivity index (χ0n) is 17.5. The van der Waals surface area contributed by atoms with Gasteiger partial charge in [0.05, 0.1) is 15.8 Å². The molecule has 1 amide bonds. The monoisotopic (exact) mass is 467 g/mol. The van der Waals surface area contributed by atoms with Gasteiger partial charge in [0.1, 0.15) is 17.4 Å². The van der Waals surface area contributed by atoms with E-state index in [1.807, 2.05) is 32.6 Å². The van der Waals surface area contributed by atoms with Crippen molar-refractivity contribution in [2.75, 3.05) is 0 Å². The van der Waals surface area contributed by atoms with Gasteiger partial charge in [0.2, 0.25) is 0 Å². The molecule has 1 saturated heterocycles. The third kappa shape index (κ3) is 4.00. The van der Waals surface area contributed by atoms with Gasteiger partial charge in [-0.1, -0.05) is 0 Å². The summed E-state index contributed by atoms with van der Waals surface area (Å²) in [6.45, 7) is 8.05. The Labute approximate surface area is 189 Å². The van der Waals surface area contributed by atoms with Crippen molar-refractivity contribution in [3.63, 3.8) is 0 Å². The van der Waals surface area contributed by atoms with Crippen LogP contribution in [0, 0.1) is 11.6 Å². The van der Waals surface area contributed by atoms with Gasteiger partial charge in [-0.05, 0) is 56.9 Å². The molecule has 4 atom stereocenters. The Morgan fingerprint density at radius 2 is 1.65 bits per heavy atom. The van der Waals surface area contributed by atoms with Crippen molar-refractivity contribution in [3.8, 4) is 16.9 Å². The number of phenols is 1. The minimum atomic E-state index is -0.889. The van der Waals surface area contributed by atoms with Gasteiger partial charge in [-0.2, -0.15) is 4.37 Å². The molecule has 4 rings (SSSR count). The molecule has 0 saturated carbocycles. The summed E-state index contributed by atoms with van der Waals surface area (Å²) in [6.07, 6.45) is 1.59. The fraction of sp³-hybridized carbons (Fsp3) is 0.364. The Kier molecular flexibility index (Phi) is 6.55. The number of hydrogen-bond acceptors (Lipinski definition) is 5. The lowest BCUT2D eigenvalue weighted by atomic mass is 9.94. The zero-order chi connectivity index (χ0) is 21.7. The molecular weight excluding hydrogens is 444 g/mol. The molecule has 31 heavy (non-hydrogen) atoms. The average Bonchev–Trinajstić information content (AvgIpc) is 3.13. The average molecular weight is 468 g/mol. The quantitative estimate of drug-likeness (QED) is 0.558. The van der Waals surface area contributed by atoms with Crippen LogP contribution in [0.1, 0.15) is 38.1 Å². The van der Waals surface area contributed by atoms with Crippen LogP contribution in [-0.2, 0) is 0 Å². The van der Waals surface area contributed by atoms with E-state index in [1.54, 1.807) is 12.3 Å². The van der Waals surface area contributed by atoms with Gasteiger partial charge in [0.15, 0.2) is 0 Å². The number of phenolic OH excluding ortho intramolecular Hbond substituents is 1. The molecule has 2 N–H and O–H groups in total. The maximum atomic E-state index is 14.5. The summed E-state index contributed by atoms with van der Waals surface area (Å²) in [6, 6.07) is 4.96. The molecule has 1 fully saturated rings. The van der Waals surface area contributed by atoms with Crippen molar-refractivity contribution < 1.29 is 18.7 Å². The first-order valence-electron chi connectivity index (χ1n) is 9.84. The second-order valence-corrected chi connectivity index (χ2v) is 8.79. The lowest BCUT2D eigenvalue weighted by Crippen LogP contribution is -2.65. The van der Waals surface area contributed by atoms with Gasteiger partial charge in [0.25, 0.3) is 5.91 Å². The lowest BCUT2D eigenvalue weighted by Gasteiger charge is -2.47. The summed E-state index contributed by atoms with van der Waals surface area (Å²) in [7, 11) is 0. The van der Waals surface area contributed by atoms with E-state index in [4.69, 9.17) is 0 Å². The molecule has 166 valence electrons. The number of nitrogens with one attached hydrogen (secondary N) is 1. The van der Waals surface area contributed by atoms with Gasteiger partial charge < -0.3 is 15.3 Å². The molecular formula is C22H24ClF2N3O2S. The smallest absolute Gasteiger partial charge is 0.255 e. The molecule has 2 aromatic carbocycles. The highest BCUT2D eigenvalue weighted by Crippen LogP contribution is 2.35. The number of rotatable bonds is 2. The fourth-order valence-electron chi connectivity index (χ4n) is 4.18. The number of nitrogens with zero attached hydrogens (tertiary/aromatic N) is 2. The Balaban J connectivity index is 0.00000272. The topological polar surface area (TPSA) is 65.5 Å². The minimum Gasteiger partial charge on any atom is -0.508 e. The largest absolute Gasteiger partial charge is 0.508 e. The molecule has 0 unspecified atom stereocenters. The Bertz CT molecular complexity index is 1100. The number of piperazine rings is 1. The number of benzene rings is 2. The number of amides is 1. The van der Waals surface area contributed by atoms with E-state index >= 15 is 0 Å². The molecule has 2 heterocycles. The van der Waals surface area contributed by atoms with Crippen molar-refractivity contribution in [2.45, 2.75) is 51.9 Å². The summed E-state index contributed by atoms with van der Waals surface area (Å²) in [4.78, 5) is 15.5. The van der Waals surface area contributed by atoms with Crippen molar-refractivity contribution in [2.24, 2.45) is 0 Å². The fourth-order valence-corrected chi connectivity index (χ4v) is 4.91. The van der Waals surface area contributed by atoms with Crippen LogP contribution in [-0.4, -0.2) is 44.5 Å². The number of aromatic hydroxyl groups is 1. The lowest BCUT2D eigenvalue weighted by molar-refractivity contribution is 0.0370. The van der Waals surface area contributed by atoms with Crippen LogP contribution in [0.25, 0.3) is 21.2 Å². The van der Waals surface area contributed by atoms with Crippen LogP contribution in [0.5, 0.6) is 5.75 Å². The van der Waals surface area contributed by atoms with Crippen LogP contribution in [0.4, 0.5) is 8.78 Å². The van der Waals surface area contributed by atoms with E-state index in [0.29, 0.717) is 15.6 Å². The number of halogens is 3. The first-order chi connectivity index (χ1) is 14.2. The van der Waals surface area contributed by atoms with E-state index in [0.717, 1.165) is 12.1 Å². The van der Waals surface area contributed by atoms with Crippen molar-refractivity contribution in [3.05, 3.63) is 47.7 Å². The predicted molar refractivity (Wildman–Crippen MR) is 121 cm³/mol. The third-order valence-corrected chi connectivity index (χ3v) is 6.93. The second kappa shape index (κ2) is 8.68. The Morgan fingerprint density at radius 1 is 1.06 bits per heavy atom. The maximum absolute atomic E-state index is 14.5. The van der Waals surface area contributed by atoms with Crippen LogP contribution in [0.15, 0.2) is 30.5 Å². The molecule has 1 aromatic heterocycles. The van der Waals surface area contributed by atoms with E-state index in [9.17, 15) is 18.7 Å². The highest BCUT2D eigenvalue weighted by Gasteiger charge is 2.38. The van der Waals surface area contributed by atoms with Gasteiger partial charge in [-0.25, -0.2) is 8.78 Å². The second-order valence-electron chi connectivity index (χ2n) is 7.99.